The number of nitrogens with two attached hydrogens (primary N) is 1. The second-order valence-electron chi connectivity index (χ2n) is 11.1. The van der Waals surface area contributed by atoms with Crippen molar-refractivity contribution in [2.24, 2.45) is 0 Å². The van der Waals surface area contributed by atoms with Crippen molar-refractivity contribution in [1.82, 2.24) is 5.32 Å². The standard InChI is InChI=1S/C31H35BN2O5/c1-30(2)31(3,4)39-32(38-30)22(16-20-13-14-28(33)21(15-20)18-35)17-34-29(36)37-19-27-25-11-7-5-9-23(25)24-10-6-8-12-26(24)27/h5-16,27,35H,17-19,33H2,1-4H3,(H,34,36). The van der Waals surface area contributed by atoms with Crippen LogP contribution in [0.25, 0.3) is 17.2 Å². The van der Waals surface area contributed by atoms with E-state index in [1.165, 1.54) is 11.1 Å². The summed E-state index contributed by atoms with van der Waals surface area (Å²) in [7, 11) is -0.668. The molecule has 0 unspecified atom stereocenters. The number of aliphatic hydroxyl groups excluding tert-OH is 1. The Morgan fingerprint density at radius 3 is 2.18 bits per heavy atom. The van der Waals surface area contributed by atoms with Crippen LogP contribution in [-0.4, -0.2) is 42.7 Å². The molecule has 1 fully saturated rings. The predicted molar refractivity (Wildman–Crippen MR) is 154 cm³/mol. The SMILES string of the molecule is CC1(C)OB(C(=Cc2ccc(N)c(CO)c2)CNC(=O)OCC2c3ccccc3-c3ccccc32)OC1(C)C. The number of hydrogen-bond acceptors (Lipinski definition) is 6. The minimum atomic E-state index is -0.668. The second-order valence-corrected chi connectivity index (χ2v) is 11.1. The molecule has 3 aromatic rings. The van der Waals surface area contributed by atoms with Gasteiger partial charge >= 0.3 is 13.2 Å². The predicted octanol–water partition coefficient (Wildman–Crippen LogP) is 5.31. The van der Waals surface area contributed by atoms with Gasteiger partial charge in [-0.15, -0.1) is 0 Å². The molecule has 0 saturated carbocycles. The molecule has 1 saturated heterocycles. The number of aliphatic hydroxyl groups is 1. The molecule has 2 aliphatic rings. The molecule has 5 rings (SSSR count). The fourth-order valence-electron chi connectivity index (χ4n) is 5.09. The highest BCUT2D eigenvalue weighted by Gasteiger charge is 2.52. The molecule has 0 bridgehead atoms. The number of nitrogens with one attached hydrogen (secondary N) is 1. The molecule has 0 spiro atoms. The fourth-order valence-corrected chi connectivity index (χ4v) is 5.09. The summed E-state index contributed by atoms with van der Waals surface area (Å²) in [5.74, 6) is -0.0204. The minimum Gasteiger partial charge on any atom is -0.449 e. The van der Waals surface area contributed by atoms with Crippen molar-refractivity contribution >= 4 is 25.0 Å². The molecule has 1 aliphatic carbocycles. The van der Waals surface area contributed by atoms with E-state index in [-0.39, 0.29) is 25.7 Å². The number of anilines is 1. The van der Waals surface area contributed by atoms with Crippen LogP contribution in [0.5, 0.6) is 0 Å². The summed E-state index contributed by atoms with van der Waals surface area (Å²) in [6, 6.07) is 21.9. The molecular formula is C31H35BN2O5. The molecule has 4 N–H and O–H groups in total. The Kier molecular flexibility index (Phi) is 7.29. The summed E-state index contributed by atoms with van der Waals surface area (Å²) in [5.41, 5.74) is 12.2. The van der Waals surface area contributed by atoms with Gasteiger partial charge in [0.1, 0.15) is 6.61 Å². The van der Waals surface area contributed by atoms with Gasteiger partial charge in [-0.05, 0) is 73.1 Å². The Morgan fingerprint density at radius 1 is 1.00 bits per heavy atom. The normalized spacial score (nSPS) is 17.6. The number of fused-ring (bicyclic) bond motifs is 3. The zero-order valence-electron chi connectivity index (χ0n) is 22.9. The summed E-state index contributed by atoms with van der Waals surface area (Å²) in [6.45, 7) is 8.15. The van der Waals surface area contributed by atoms with Crippen molar-refractivity contribution in [3.63, 3.8) is 0 Å². The number of carbonyl (C=O) groups excluding carboxylic acids is 1. The zero-order valence-corrected chi connectivity index (χ0v) is 22.9. The number of rotatable bonds is 7. The van der Waals surface area contributed by atoms with Crippen molar-refractivity contribution in [2.45, 2.75) is 51.4 Å². The van der Waals surface area contributed by atoms with Gasteiger partial charge in [0, 0.05) is 23.7 Å². The third-order valence-corrected chi connectivity index (χ3v) is 8.03. The maximum Gasteiger partial charge on any atom is 0.492 e. The van der Waals surface area contributed by atoms with Gasteiger partial charge < -0.3 is 30.2 Å². The summed E-state index contributed by atoms with van der Waals surface area (Å²) in [4.78, 5) is 12.9. The first-order valence-corrected chi connectivity index (χ1v) is 13.2. The van der Waals surface area contributed by atoms with Crippen LogP contribution in [0.4, 0.5) is 10.5 Å². The Bertz CT molecular complexity index is 1360. The third-order valence-electron chi connectivity index (χ3n) is 8.03. The van der Waals surface area contributed by atoms with Crippen molar-refractivity contribution in [3.8, 4) is 11.1 Å². The van der Waals surface area contributed by atoms with Crippen LogP contribution in [0.15, 0.2) is 72.2 Å². The van der Waals surface area contributed by atoms with E-state index in [9.17, 15) is 9.90 Å². The molecule has 0 atom stereocenters. The van der Waals surface area contributed by atoms with Crippen LogP contribution in [0.2, 0.25) is 0 Å². The molecule has 39 heavy (non-hydrogen) atoms. The molecule has 8 heteroatoms. The number of carbonyl (C=O) groups is 1. The lowest BCUT2D eigenvalue weighted by atomic mass is 9.77. The Balaban J connectivity index is 1.31. The summed E-state index contributed by atoms with van der Waals surface area (Å²) in [5, 5.41) is 12.5. The van der Waals surface area contributed by atoms with Crippen molar-refractivity contribution in [1.29, 1.82) is 0 Å². The molecular weight excluding hydrogens is 491 g/mol. The molecule has 7 nitrogen and oxygen atoms in total. The Morgan fingerprint density at radius 2 is 1.59 bits per heavy atom. The van der Waals surface area contributed by atoms with E-state index in [0.29, 0.717) is 11.3 Å². The molecule has 1 heterocycles. The highest BCUT2D eigenvalue weighted by molar-refractivity contribution is 6.56. The summed E-state index contributed by atoms with van der Waals surface area (Å²) < 4.78 is 18.3. The smallest absolute Gasteiger partial charge is 0.449 e. The monoisotopic (exact) mass is 526 g/mol. The van der Waals surface area contributed by atoms with Crippen LogP contribution in [-0.2, 0) is 20.7 Å². The summed E-state index contributed by atoms with van der Waals surface area (Å²) >= 11 is 0. The average molecular weight is 526 g/mol. The largest absolute Gasteiger partial charge is 0.492 e. The first kappa shape index (κ1) is 27.0. The molecule has 0 radical (unpaired) electrons. The van der Waals surface area contributed by atoms with Crippen molar-refractivity contribution < 1.29 is 23.9 Å². The van der Waals surface area contributed by atoms with E-state index in [1.807, 2.05) is 70.2 Å². The van der Waals surface area contributed by atoms with Crippen molar-refractivity contribution in [2.75, 3.05) is 18.9 Å². The first-order valence-electron chi connectivity index (χ1n) is 13.2. The van der Waals surface area contributed by atoms with Crippen LogP contribution in [0, 0.1) is 0 Å². The van der Waals surface area contributed by atoms with Crippen LogP contribution in [0.1, 0.15) is 55.9 Å². The lowest BCUT2D eigenvalue weighted by Crippen LogP contribution is -2.41. The van der Waals surface area contributed by atoms with Gasteiger partial charge in [0.25, 0.3) is 0 Å². The van der Waals surface area contributed by atoms with Gasteiger partial charge in [0.05, 0.1) is 17.8 Å². The van der Waals surface area contributed by atoms with E-state index in [2.05, 4.69) is 29.6 Å². The van der Waals surface area contributed by atoms with Gasteiger partial charge in [-0.2, -0.15) is 0 Å². The first-order chi connectivity index (χ1) is 18.6. The van der Waals surface area contributed by atoms with Gasteiger partial charge in [0.2, 0.25) is 0 Å². The number of nitrogen functional groups attached to an aromatic ring is 1. The van der Waals surface area contributed by atoms with E-state index in [1.54, 1.807) is 6.07 Å². The molecule has 3 aromatic carbocycles. The van der Waals surface area contributed by atoms with Crippen LogP contribution >= 0.6 is 0 Å². The quantitative estimate of drug-likeness (QED) is 0.285. The number of ether oxygens (including phenoxy) is 1. The topological polar surface area (TPSA) is 103 Å². The Hall–Kier alpha value is -3.59. The molecule has 1 aliphatic heterocycles. The maximum absolute atomic E-state index is 12.9. The van der Waals surface area contributed by atoms with E-state index in [4.69, 9.17) is 19.8 Å². The van der Waals surface area contributed by atoms with Gasteiger partial charge in [-0.3, -0.25) is 0 Å². The minimum absolute atomic E-state index is 0.0204. The average Bonchev–Trinajstić information content (AvgIpc) is 3.35. The van der Waals surface area contributed by atoms with Crippen molar-refractivity contribution in [3.05, 3.63) is 94.5 Å². The van der Waals surface area contributed by atoms with Gasteiger partial charge in [-0.1, -0.05) is 60.7 Å². The van der Waals surface area contributed by atoms with Crippen LogP contribution < -0.4 is 11.1 Å². The highest BCUT2D eigenvalue weighted by atomic mass is 16.7. The van der Waals surface area contributed by atoms with Crippen LogP contribution in [0.3, 0.4) is 0 Å². The van der Waals surface area contributed by atoms with Gasteiger partial charge in [0.15, 0.2) is 0 Å². The Labute approximate surface area is 230 Å². The van der Waals surface area contributed by atoms with E-state index in [0.717, 1.165) is 22.2 Å². The zero-order chi connectivity index (χ0) is 27.8. The third kappa shape index (κ3) is 5.32. The molecule has 0 aromatic heterocycles. The fraction of sp³-hybridized carbons (Fsp3) is 0.323. The lowest BCUT2D eigenvalue weighted by molar-refractivity contribution is 0.00578. The number of benzene rings is 3. The summed E-state index contributed by atoms with van der Waals surface area (Å²) in [6.07, 6.45) is 1.37. The maximum atomic E-state index is 12.9. The number of hydrogen-bond donors (Lipinski definition) is 3. The number of alkyl carbamates (subject to hydrolysis) is 1. The molecule has 1 amide bonds. The van der Waals surface area contributed by atoms with Gasteiger partial charge in [-0.25, -0.2) is 4.79 Å². The lowest BCUT2D eigenvalue weighted by Gasteiger charge is -2.32. The highest BCUT2D eigenvalue weighted by Crippen LogP contribution is 2.44. The molecule has 202 valence electrons. The van der Waals surface area contributed by atoms with E-state index >= 15 is 0 Å². The second kappa shape index (κ2) is 10.5. The van der Waals surface area contributed by atoms with E-state index < -0.39 is 24.4 Å². The number of amides is 1.